The van der Waals surface area contributed by atoms with Crippen LogP contribution in [0.15, 0.2) is 60.7 Å². The zero-order chi connectivity index (χ0) is 40.4. The van der Waals surface area contributed by atoms with Crippen molar-refractivity contribution in [2.75, 3.05) is 144 Å². The molecule has 0 atom stereocenters. The number of carbonyl (C=O) groups excluding carboxylic acids is 2. The highest BCUT2D eigenvalue weighted by Crippen LogP contribution is 2.25. The fraction of sp³-hybridized carbons (Fsp3) is 0.636. The molecule has 0 spiro atoms. The molecule has 57 heavy (non-hydrogen) atoms. The van der Waals surface area contributed by atoms with Crippen molar-refractivity contribution >= 4 is 23.5 Å². The summed E-state index contributed by atoms with van der Waals surface area (Å²) in [7, 11) is 1.64. The first-order chi connectivity index (χ1) is 28.1. The van der Waals surface area contributed by atoms with Gasteiger partial charge in [0.1, 0.15) is 0 Å². The normalized spacial score (nSPS) is 13.8. The number of para-hydroxylation sites is 1. The lowest BCUT2D eigenvalue weighted by Crippen LogP contribution is -2.47. The smallest absolute Gasteiger partial charge is 0.226 e. The number of carbonyl (C=O) groups is 2. The Morgan fingerprint density at radius 2 is 1.09 bits per heavy atom. The molecule has 1 aliphatic rings. The Kier molecular flexibility index (Phi) is 27.8. The van der Waals surface area contributed by atoms with Gasteiger partial charge in [-0.15, -0.1) is 0 Å². The Hall–Kier alpha value is -3.08. The second-order valence-electron chi connectivity index (χ2n) is 13.5. The molecule has 0 radical (unpaired) electrons. The van der Waals surface area contributed by atoms with Crippen LogP contribution in [0.5, 0.6) is 0 Å². The van der Waals surface area contributed by atoms with Gasteiger partial charge in [0, 0.05) is 51.3 Å². The van der Waals surface area contributed by atoms with E-state index >= 15 is 0 Å². The first-order valence-electron chi connectivity index (χ1n) is 20.6. The van der Waals surface area contributed by atoms with E-state index in [4.69, 9.17) is 42.6 Å². The quantitative estimate of drug-likeness (QED) is 0.0697. The molecule has 1 fully saturated rings. The van der Waals surface area contributed by atoms with Gasteiger partial charge >= 0.3 is 0 Å². The summed E-state index contributed by atoms with van der Waals surface area (Å²) < 4.78 is 48.7. The van der Waals surface area contributed by atoms with E-state index in [2.05, 4.69) is 29.2 Å². The van der Waals surface area contributed by atoms with Gasteiger partial charge in [-0.05, 0) is 48.6 Å². The molecular weight excluding hydrogens is 732 g/mol. The van der Waals surface area contributed by atoms with Crippen LogP contribution >= 0.6 is 0 Å². The lowest BCUT2D eigenvalue weighted by Gasteiger charge is -2.38. The van der Waals surface area contributed by atoms with E-state index in [-0.39, 0.29) is 17.7 Å². The molecular formula is C44H68N2O11. The molecule has 0 aromatic heterocycles. The van der Waals surface area contributed by atoms with Crippen molar-refractivity contribution in [3.63, 3.8) is 0 Å². The van der Waals surface area contributed by atoms with Crippen molar-refractivity contribution in [1.82, 2.24) is 4.90 Å². The maximum Gasteiger partial charge on any atom is 0.226 e. The van der Waals surface area contributed by atoms with Crippen molar-refractivity contribution in [2.24, 2.45) is 0 Å². The zero-order valence-corrected chi connectivity index (χ0v) is 34.5. The summed E-state index contributed by atoms with van der Waals surface area (Å²) in [6.45, 7) is 13.4. The number of rotatable bonds is 35. The van der Waals surface area contributed by atoms with Crippen molar-refractivity contribution in [1.29, 1.82) is 0 Å². The minimum Gasteiger partial charge on any atom is -0.382 e. The van der Waals surface area contributed by atoms with Crippen LogP contribution in [0, 0.1) is 0 Å². The van der Waals surface area contributed by atoms with Crippen molar-refractivity contribution < 1.29 is 52.2 Å². The minimum atomic E-state index is 0.0275. The number of benzene rings is 2. The van der Waals surface area contributed by atoms with E-state index in [9.17, 15) is 9.59 Å². The van der Waals surface area contributed by atoms with E-state index < -0.39 is 0 Å². The second kappa shape index (κ2) is 32.8. The minimum absolute atomic E-state index is 0.0275. The molecule has 1 heterocycles. The van der Waals surface area contributed by atoms with Gasteiger partial charge in [0.15, 0.2) is 5.78 Å². The van der Waals surface area contributed by atoms with Crippen LogP contribution in [0.2, 0.25) is 0 Å². The number of hydrogen-bond donors (Lipinski definition) is 0. The molecule has 320 valence electrons. The van der Waals surface area contributed by atoms with Crippen LogP contribution in [0.3, 0.4) is 0 Å². The van der Waals surface area contributed by atoms with E-state index in [0.29, 0.717) is 125 Å². The predicted molar refractivity (Wildman–Crippen MR) is 221 cm³/mol. The number of ether oxygens (including phenoxy) is 9. The summed E-state index contributed by atoms with van der Waals surface area (Å²) in [6, 6.07) is 18.7. The summed E-state index contributed by atoms with van der Waals surface area (Å²) in [5, 5.41) is 0. The molecule has 0 bridgehead atoms. The SMILES string of the molecule is CCC(=O)N(c1ccccc1)C1CCN(CCc2ccc(/C=C/C(=O)CCOCCOCCOCCOCCOCCOCCOCCOCCOC)cc2)CC1. The fourth-order valence-electron chi connectivity index (χ4n) is 6.03. The van der Waals surface area contributed by atoms with Crippen LogP contribution in [-0.4, -0.2) is 162 Å². The summed E-state index contributed by atoms with van der Waals surface area (Å²) in [5.74, 6) is 0.218. The monoisotopic (exact) mass is 800 g/mol. The maximum absolute atomic E-state index is 12.8. The van der Waals surface area contributed by atoms with Crippen LogP contribution in [0.4, 0.5) is 5.69 Å². The van der Waals surface area contributed by atoms with Crippen LogP contribution in [0.25, 0.3) is 6.08 Å². The molecule has 0 unspecified atom stereocenters. The number of nitrogens with zero attached hydrogens (tertiary/aromatic N) is 2. The summed E-state index contributed by atoms with van der Waals surface area (Å²) >= 11 is 0. The highest BCUT2D eigenvalue weighted by molar-refractivity contribution is 5.94. The molecule has 13 nitrogen and oxygen atoms in total. The van der Waals surface area contributed by atoms with Crippen LogP contribution < -0.4 is 4.90 Å². The lowest BCUT2D eigenvalue weighted by atomic mass is 10.0. The summed E-state index contributed by atoms with van der Waals surface area (Å²) in [6.07, 6.45) is 7.24. The van der Waals surface area contributed by atoms with E-state index in [0.717, 1.165) is 50.1 Å². The number of amides is 1. The average Bonchev–Trinajstić information content (AvgIpc) is 3.24. The number of hydrogen-bond acceptors (Lipinski definition) is 12. The Morgan fingerprint density at radius 1 is 0.632 bits per heavy atom. The molecule has 0 saturated carbocycles. The molecule has 1 saturated heterocycles. The highest BCUT2D eigenvalue weighted by atomic mass is 16.6. The standard InChI is InChI=1S/C44H68N2O11/c1-3-44(48)46(41-7-5-4-6-8-41)42-16-20-45(21-17-42)19-15-40-11-9-39(10-12-40)13-14-43(47)18-22-50-25-26-52-29-30-54-33-34-56-37-38-57-36-35-55-32-31-53-28-27-51-24-23-49-2/h4-14,42H,3,15-38H2,1-2H3/b14-13+. The first kappa shape index (κ1) is 48.3. The average molecular weight is 801 g/mol. The number of methoxy groups -OCH3 is 1. The molecule has 2 aromatic rings. The summed E-state index contributed by atoms with van der Waals surface area (Å²) in [4.78, 5) is 29.6. The van der Waals surface area contributed by atoms with Crippen molar-refractivity contribution in [3.05, 3.63) is 71.8 Å². The number of anilines is 1. The highest BCUT2D eigenvalue weighted by Gasteiger charge is 2.28. The molecule has 2 aromatic carbocycles. The van der Waals surface area contributed by atoms with Crippen molar-refractivity contribution in [3.8, 4) is 0 Å². The molecule has 13 heteroatoms. The maximum atomic E-state index is 12.8. The van der Waals surface area contributed by atoms with Gasteiger partial charge < -0.3 is 52.4 Å². The Balaban J connectivity index is 1.07. The Morgan fingerprint density at radius 3 is 1.54 bits per heavy atom. The Bertz CT molecular complexity index is 1310. The van der Waals surface area contributed by atoms with Gasteiger partial charge in [-0.3, -0.25) is 9.59 Å². The second-order valence-corrected chi connectivity index (χ2v) is 13.5. The van der Waals surface area contributed by atoms with Gasteiger partial charge in [-0.1, -0.05) is 55.5 Å². The third kappa shape index (κ3) is 23.2. The molecule has 3 rings (SSSR count). The van der Waals surface area contributed by atoms with E-state index in [1.54, 1.807) is 13.2 Å². The number of likely N-dealkylation sites (tertiary alicyclic amines) is 1. The molecule has 1 amide bonds. The predicted octanol–water partition coefficient (Wildman–Crippen LogP) is 4.89. The molecule has 1 aliphatic heterocycles. The van der Waals surface area contributed by atoms with Crippen LogP contribution in [-0.2, 0) is 58.6 Å². The van der Waals surface area contributed by atoms with Gasteiger partial charge in [-0.2, -0.15) is 0 Å². The fourth-order valence-corrected chi connectivity index (χ4v) is 6.03. The summed E-state index contributed by atoms with van der Waals surface area (Å²) in [5.41, 5.74) is 3.27. The molecule has 0 aliphatic carbocycles. The van der Waals surface area contributed by atoms with Gasteiger partial charge in [0.2, 0.25) is 5.91 Å². The third-order valence-electron chi connectivity index (χ3n) is 9.21. The number of allylic oxidation sites excluding steroid dienone is 1. The largest absolute Gasteiger partial charge is 0.382 e. The zero-order valence-electron chi connectivity index (χ0n) is 34.5. The van der Waals surface area contributed by atoms with Gasteiger partial charge in [0.25, 0.3) is 0 Å². The van der Waals surface area contributed by atoms with Gasteiger partial charge in [0.05, 0.1) is 112 Å². The van der Waals surface area contributed by atoms with Gasteiger partial charge in [-0.25, -0.2) is 0 Å². The van der Waals surface area contributed by atoms with Crippen molar-refractivity contribution in [2.45, 2.75) is 45.1 Å². The number of ketones is 1. The molecule has 0 N–H and O–H groups in total. The lowest BCUT2D eigenvalue weighted by molar-refractivity contribution is -0.119. The Labute approximate surface area is 340 Å². The third-order valence-corrected chi connectivity index (χ3v) is 9.21. The number of piperidine rings is 1. The van der Waals surface area contributed by atoms with E-state index in [1.807, 2.05) is 48.2 Å². The first-order valence-corrected chi connectivity index (χ1v) is 20.6. The van der Waals surface area contributed by atoms with E-state index in [1.165, 1.54) is 5.56 Å². The van der Waals surface area contributed by atoms with Crippen LogP contribution in [0.1, 0.15) is 43.7 Å². The topological polar surface area (TPSA) is 124 Å².